The fraction of sp³-hybridized carbons (Fsp3) is 0.250. The zero-order valence-corrected chi connectivity index (χ0v) is 16.6. The average Bonchev–Trinajstić information content (AvgIpc) is 2.85. The van der Waals surface area contributed by atoms with Crippen molar-refractivity contribution in [3.8, 4) is 0 Å². The largest absolute Gasteiger partial charge is 0.350 e. The number of rotatable bonds is 5. The number of nitrogens with zero attached hydrogens (tertiary/aromatic N) is 2. The van der Waals surface area contributed by atoms with Crippen LogP contribution in [0.15, 0.2) is 58.0 Å². The first-order chi connectivity index (χ1) is 12.8. The lowest BCUT2D eigenvalue weighted by molar-refractivity contribution is -0.134. The lowest BCUT2D eigenvalue weighted by Crippen LogP contribution is -2.48. The van der Waals surface area contributed by atoms with Crippen molar-refractivity contribution in [2.24, 2.45) is 4.99 Å². The van der Waals surface area contributed by atoms with Crippen molar-refractivity contribution < 1.29 is 14.0 Å². The van der Waals surface area contributed by atoms with Gasteiger partial charge in [0.25, 0.3) is 5.91 Å². The van der Waals surface area contributed by atoms with Gasteiger partial charge < -0.3 is 10.2 Å². The van der Waals surface area contributed by atoms with E-state index in [0.29, 0.717) is 12.1 Å². The summed E-state index contributed by atoms with van der Waals surface area (Å²) in [5.74, 6) is -1.00. The van der Waals surface area contributed by atoms with E-state index in [0.717, 1.165) is 10.0 Å². The van der Waals surface area contributed by atoms with Gasteiger partial charge in [0.15, 0.2) is 0 Å². The van der Waals surface area contributed by atoms with Crippen LogP contribution < -0.4 is 5.32 Å². The van der Waals surface area contributed by atoms with Gasteiger partial charge in [0, 0.05) is 16.6 Å². The molecule has 0 aromatic heterocycles. The van der Waals surface area contributed by atoms with Crippen LogP contribution in [0.1, 0.15) is 25.0 Å². The molecule has 0 unspecified atom stereocenters. The van der Waals surface area contributed by atoms with Crippen molar-refractivity contribution in [3.63, 3.8) is 0 Å². The van der Waals surface area contributed by atoms with Crippen LogP contribution in [0, 0.1) is 5.82 Å². The monoisotopic (exact) mass is 431 g/mol. The second-order valence-corrected chi connectivity index (χ2v) is 7.58. The molecule has 2 amide bonds. The summed E-state index contributed by atoms with van der Waals surface area (Å²) in [6.07, 6.45) is 0. The summed E-state index contributed by atoms with van der Waals surface area (Å²) in [6.45, 7) is 3.78. The highest BCUT2D eigenvalue weighted by molar-refractivity contribution is 9.10. The molecule has 27 heavy (non-hydrogen) atoms. The quantitative estimate of drug-likeness (QED) is 0.789. The summed E-state index contributed by atoms with van der Waals surface area (Å²) in [4.78, 5) is 31.0. The average molecular weight is 432 g/mol. The lowest BCUT2D eigenvalue weighted by Gasteiger charge is -2.28. The molecule has 0 radical (unpaired) electrons. The number of aliphatic imine (C=N–C) groups is 1. The molecular formula is C20H19BrFN3O2. The fourth-order valence-corrected chi connectivity index (χ4v) is 3.28. The first-order valence-electron chi connectivity index (χ1n) is 8.46. The summed E-state index contributed by atoms with van der Waals surface area (Å²) < 4.78 is 14.0. The van der Waals surface area contributed by atoms with Gasteiger partial charge in [-0.3, -0.25) is 14.6 Å². The highest BCUT2D eigenvalue weighted by atomic mass is 79.9. The molecule has 2 aromatic rings. The number of carbonyl (C=O) groups excluding carboxylic acids is 2. The molecule has 5 nitrogen and oxygen atoms in total. The van der Waals surface area contributed by atoms with E-state index in [1.165, 1.54) is 29.2 Å². The molecule has 1 heterocycles. The number of carbonyl (C=O) groups is 2. The highest BCUT2D eigenvalue weighted by Crippen LogP contribution is 2.26. The summed E-state index contributed by atoms with van der Waals surface area (Å²) in [5, 5.41) is 2.82. The van der Waals surface area contributed by atoms with Gasteiger partial charge in [0.1, 0.15) is 23.7 Å². The van der Waals surface area contributed by atoms with Gasteiger partial charge in [0.05, 0.1) is 0 Å². The Labute approximate surface area is 165 Å². The van der Waals surface area contributed by atoms with Crippen LogP contribution >= 0.6 is 15.9 Å². The molecule has 7 heteroatoms. The third-order valence-corrected chi connectivity index (χ3v) is 5.12. The van der Waals surface area contributed by atoms with Gasteiger partial charge in [-0.15, -0.1) is 0 Å². The molecule has 0 atom stereocenters. The van der Waals surface area contributed by atoms with Crippen molar-refractivity contribution in [1.82, 2.24) is 10.2 Å². The molecule has 1 N–H and O–H groups in total. The van der Waals surface area contributed by atoms with Crippen LogP contribution in [0.4, 0.5) is 4.39 Å². The fourth-order valence-electron chi connectivity index (χ4n) is 2.85. The molecule has 0 bridgehead atoms. The summed E-state index contributed by atoms with van der Waals surface area (Å²) >= 11 is 3.44. The normalized spacial score (nSPS) is 15.6. The Hall–Kier alpha value is -2.54. The maximum absolute atomic E-state index is 13.1. The Kier molecular flexibility index (Phi) is 5.41. The summed E-state index contributed by atoms with van der Waals surface area (Å²) in [6, 6.07) is 13.2. The van der Waals surface area contributed by atoms with E-state index >= 15 is 0 Å². The zero-order valence-electron chi connectivity index (χ0n) is 15.0. The maximum Gasteiger partial charge on any atom is 0.275 e. The minimum absolute atomic E-state index is 0.107. The van der Waals surface area contributed by atoms with E-state index in [2.05, 4.69) is 26.2 Å². The summed E-state index contributed by atoms with van der Waals surface area (Å²) in [7, 11) is 0. The number of hydrogen-bond acceptors (Lipinski definition) is 3. The van der Waals surface area contributed by atoms with E-state index in [4.69, 9.17) is 0 Å². The van der Waals surface area contributed by atoms with E-state index in [1.807, 2.05) is 24.3 Å². The highest BCUT2D eigenvalue weighted by Gasteiger charge is 2.41. The molecule has 1 aliphatic rings. The molecule has 0 spiro atoms. The van der Waals surface area contributed by atoms with E-state index < -0.39 is 5.66 Å². The molecule has 0 fully saturated rings. The number of nitrogens with one attached hydrogen (secondary N) is 1. The number of halogens is 2. The Morgan fingerprint density at radius 2 is 1.85 bits per heavy atom. The van der Waals surface area contributed by atoms with Gasteiger partial charge in [0.2, 0.25) is 5.91 Å². The predicted octanol–water partition coefficient (Wildman–Crippen LogP) is 3.27. The third-order valence-electron chi connectivity index (χ3n) is 4.35. The van der Waals surface area contributed by atoms with Gasteiger partial charge in [-0.1, -0.05) is 34.1 Å². The number of hydrogen-bond donors (Lipinski definition) is 1. The van der Waals surface area contributed by atoms with Crippen LogP contribution in [0.3, 0.4) is 0 Å². The second-order valence-electron chi connectivity index (χ2n) is 6.72. The molecular weight excluding hydrogens is 413 g/mol. The second kappa shape index (κ2) is 7.60. The van der Waals surface area contributed by atoms with Crippen molar-refractivity contribution >= 4 is 33.5 Å². The zero-order chi connectivity index (χ0) is 19.6. The summed E-state index contributed by atoms with van der Waals surface area (Å²) in [5.41, 5.74) is 0.858. The molecule has 0 saturated carbocycles. The van der Waals surface area contributed by atoms with Crippen molar-refractivity contribution in [1.29, 1.82) is 0 Å². The number of amides is 2. The first-order valence-corrected chi connectivity index (χ1v) is 9.25. The van der Waals surface area contributed by atoms with E-state index in [9.17, 15) is 14.0 Å². The Bertz CT molecular complexity index is 910. The van der Waals surface area contributed by atoms with Gasteiger partial charge in [-0.05, 0) is 49.7 Å². The minimum atomic E-state index is -0.856. The smallest absolute Gasteiger partial charge is 0.275 e. The van der Waals surface area contributed by atoms with Crippen molar-refractivity contribution in [2.75, 3.05) is 6.54 Å². The van der Waals surface area contributed by atoms with Crippen LogP contribution in [0.5, 0.6) is 0 Å². The van der Waals surface area contributed by atoms with E-state index in [1.54, 1.807) is 13.8 Å². The number of benzene rings is 2. The third kappa shape index (κ3) is 4.24. The van der Waals surface area contributed by atoms with Crippen LogP contribution in [-0.2, 0) is 16.1 Å². The lowest BCUT2D eigenvalue weighted by atomic mass is 10.1. The van der Waals surface area contributed by atoms with Crippen molar-refractivity contribution in [3.05, 3.63) is 69.9 Å². The van der Waals surface area contributed by atoms with Gasteiger partial charge in [-0.25, -0.2) is 4.39 Å². The molecule has 0 saturated heterocycles. The Balaban J connectivity index is 1.68. The first kappa shape index (κ1) is 19.2. The predicted molar refractivity (Wildman–Crippen MR) is 105 cm³/mol. The Morgan fingerprint density at radius 1 is 1.19 bits per heavy atom. The molecule has 1 aliphatic heterocycles. The molecule has 2 aromatic carbocycles. The van der Waals surface area contributed by atoms with E-state index in [-0.39, 0.29) is 29.9 Å². The standard InChI is InChI=1S/C20H19BrFN3O2/c1-20(2)24-18(13-7-9-15(22)10-8-13)19(27)25(20)12-17(26)23-11-14-5-3-4-6-16(14)21/h3-10H,11-12H2,1-2H3,(H,23,26). The maximum atomic E-state index is 13.1. The minimum Gasteiger partial charge on any atom is -0.350 e. The van der Waals surface area contributed by atoms with Crippen LogP contribution in [0.2, 0.25) is 0 Å². The molecule has 3 rings (SSSR count). The SMILES string of the molecule is CC1(C)N=C(c2ccc(F)cc2)C(=O)N1CC(=O)NCc1ccccc1Br. The molecule has 140 valence electrons. The van der Waals surface area contributed by atoms with Crippen molar-refractivity contribution in [2.45, 2.75) is 26.1 Å². The topological polar surface area (TPSA) is 61.8 Å². The van der Waals surface area contributed by atoms with Gasteiger partial charge in [-0.2, -0.15) is 0 Å². The van der Waals surface area contributed by atoms with Gasteiger partial charge >= 0.3 is 0 Å². The molecule has 0 aliphatic carbocycles. The van der Waals surface area contributed by atoms with Crippen LogP contribution in [0.25, 0.3) is 0 Å². The Morgan fingerprint density at radius 3 is 2.52 bits per heavy atom. The van der Waals surface area contributed by atoms with Crippen LogP contribution in [-0.4, -0.2) is 34.6 Å².